The van der Waals surface area contributed by atoms with Crippen molar-refractivity contribution >= 4 is 11.8 Å². The number of aromatic nitrogens is 4. The molecule has 1 heterocycles. The molecule has 3 aromatic rings. The molecule has 0 aliphatic carbocycles. The Morgan fingerprint density at radius 3 is 1.96 bits per heavy atom. The van der Waals surface area contributed by atoms with Crippen molar-refractivity contribution in [1.82, 2.24) is 20.6 Å². The topological polar surface area (TPSA) is 74.7 Å². The third kappa shape index (κ3) is 4.55. The lowest BCUT2D eigenvalue weighted by molar-refractivity contribution is 0.422. The van der Waals surface area contributed by atoms with Crippen LogP contribution in [0.2, 0.25) is 0 Å². The molecular weight excluding hydrogens is 368 g/mol. The van der Waals surface area contributed by atoms with Crippen LogP contribution in [0.5, 0.6) is 5.75 Å². The van der Waals surface area contributed by atoms with Crippen molar-refractivity contribution in [3.63, 3.8) is 0 Å². The predicted molar refractivity (Wildman–Crippen MR) is 115 cm³/mol. The Bertz CT molecular complexity index is 901. The van der Waals surface area contributed by atoms with Crippen molar-refractivity contribution in [3.8, 4) is 17.1 Å². The van der Waals surface area contributed by atoms with Crippen LogP contribution in [0, 0.1) is 0 Å². The molecule has 148 valence electrons. The number of aromatic hydroxyl groups is 1. The monoisotopic (exact) mass is 396 g/mol. The highest BCUT2D eigenvalue weighted by atomic mass is 32.2. The zero-order valence-corrected chi connectivity index (χ0v) is 18.2. The highest BCUT2D eigenvalue weighted by molar-refractivity contribution is 7.98. The Kier molecular flexibility index (Phi) is 5.53. The smallest absolute Gasteiger partial charge is 0.179 e. The summed E-state index contributed by atoms with van der Waals surface area (Å²) < 4.78 is 0. The van der Waals surface area contributed by atoms with Gasteiger partial charge in [0.15, 0.2) is 5.82 Å². The first-order valence-corrected chi connectivity index (χ1v) is 10.4. The summed E-state index contributed by atoms with van der Waals surface area (Å²) in [7, 11) is 0. The molecule has 0 saturated heterocycles. The van der Waals surface area contributed by atoms with E-state index < -0.39 is 0 Å². The van der Waals surface area contributed by atoms with Crippen molar-refractivity contribution in [2.24, 2.45) is 0 Å². The van der Waals surface area contributed by atoms with Gasteiger partial charge in [-0.15, -0.1) is 16.9 Å². The number of tetrazole rings is 1. The SMILES string of the molecule is CC(C)(C)c1cc(SCc2ccc(-c3nnn[nH]3)cc2)cc(C(C)(C)C)c1O. The molecule has 6 heteroatoms. The molecule has 1 aromatic heterocycles. The van der Waals surface area contributed by atoms with Gasteiger partial charge in [-0.1, -0.05) is 65.8 Å². The third-order valence-corrected chi connectivity index (χ3v) is 5.72. The Balaban J connectivity index is 1.84. The van der Waals surface area contributed by atoms with Gasteiger partial charge in [0.25, 0.3) is 0 Å². The molecule has 0 aliphatic heterocycles. The van der Waals surface area contributed by atoms with E-state index in [2.05, 4.69) is 86.4 Å². The van der Waals surface area contributed by atoms with Gasteiger partial charge in [-0.05, 0) is 39.0 Å². The summed E-state index contributed by atoms with van der Waals surface area (Å²) in [6.45, 7) is 12.8. The molecular formula is C22H28N4OS. The number of H-pyrrole nitrogens is 1. The lowest BCUT2D eigenvalue weighted by Gasteiger charge is -2.28. The number of phenolic OH excluding ortho intramolecular Hbond substituents is 1. The van der Waals surface area contributed by atoms with Gasteiger partial charge in [-0.2, -0.15) is 0 Å². The van der Waals surface area contributed by atoms with Crippen molar-refractivity contribution in [1.29, 1.82) is 0 Å². The van der Waals surface area contributed by atoms with E-state index in [1.165, 1.54) is 10.5 Å². The molecule has 2 N–H and O–H groups in total. The number of thioether (sulfide) groups is 1. The van der Waals surface area contributed by atoms with E-state index in [4.69, 9.17) is 0 Å². The predicted octanol–water partition coefficient (Wildman–Crippen LogP) is 5.46. The first-order valence-electron chi connectivity index (χ1n) is 9.39. The summed E-state index contributed by atoms with van der Waals surface area (Å²) in [5.41, 5.74) is 3.95. The molecule has 3 rings (SSSR count). The molecule has 0 spiro atoms. The second-order valence-corrected chi connectivity index (χ2v) is 10.2. The van der Waals surface area contributed by atoms with Crippen LogP contribution >= 0.6 is 11.8 Å². The van der Waals surface area contributed by atoms with E-state index in [0.29, 0.717) is 11.6 Å². The summed E-state index contributed by atoms with van der Waals surface area (Å²) >= 11 is 1.79. The minimum Gasteiger partial charge on any atom is -0.507 e. The molecule has 0 bridgehead atoms. The number of aromatic amines is 1. The molecule has 0 atom stereocenters. The van der Waals surface area contributed by atoms with Gasteiger partial charge in [0, 0.05) is 27.3 Å². The highest BCUT2D eigenvalue weighted by Gasteiger charge is 2.26. The molecule has 0 aliphatic rings. The molecule has 2 aromatic carbocycles. The summed E-state index contributed by atoms with van der Waals surface area (Å²) in [4.78, 5) is 1.18. The molecule has 5 nitrogen and oxygen atoms in total. The van der Waals surface area contributed by atoms with Crippen LogP contribution in [-0.4, -0.2) is 25.7 Å². The largest absolute Gasteiger partial charge is 0.507 e. The first-order chi connectivity index (χ1) is 13.1. The number of rotatable bonds is 4. The van der Waals surface area contributed by atoms with E-state index in [0.717, 1.165) is 22.4 Å². The Morgan fingerprint density at radius 2 is 1.50 bits per heavy atom. The number of hydrogen-bond donors (Lipinski definition) is 2. The molecule has 0 saturated carbocycles. The Labute approximate surface area is 171 Å². The van der Waals surface area contributed by atoms with Gasteiger partial charge < -0.3 is 5.11 Å². The second-order valence-electron chi connectivity index (χ2n) is 9.10. The molecule has 0 unspecified atom stereocenters. The minimum absolute atomic E-state index is 0.118. The summed E-state index contributed by atoms with van der Waals surface area (Å²) in [5.74, 6) is 1.95. The molecule has 0 amide bonds. The third-order valence-electron chi connectivity index (χ3n) is 4.68. The molecule has 0 fully saturated rings. The fourth-order valence-electron chi connectivity index (χ4n) is 3.04. The minimum atomic E-state index is -0.118. The normalized spacial score (nSPS) is 12.4. The van der Waals surface area contributed by atoms with Gasteiger partial charge in [-0.3, -0.25) is 0 Å². The van der Waals surface area contributed by atoms with Gasteiger partial charge in [0.1, 0.15) is 5.75 Å². The highest BCUT2D eigenvalue weighted by Crippen LogP contribution is 2.42. The Hall–Kier alpha value is -2.34. The maximum Gasteiger partial charge on any atom is 0.179 e. The van der Waals surface area contributed by atoms with E-state index in [1.54, 1.807) is 11.8 Å². The fourth-order valence-corrected chi connectivity index (χ4v) is 3.97. The van der Waals surface area contributed by atoms with Crippen LogP contribution in [0.3, 0.4) is 0 Å². The average Bonchev–Trinajstić information content (AvgIpc) is 3.14. The molecule has 0 radical (unpaired) electrons. The van der Waals surface area contributed by atoms with Gasteiger partial charge >= 0.3 is 0 Å². The quantitative estimate of drug-likeness (QED) is 0.573. The maximum absolute atomic E-state index is 10.9. The first kappa shape index (κ1) is 20.4. The van der Waals surface area contributed by atoms with Crippen LogP contribution in [-0.2, 0) is 16.6 Å². The second kappa shape index (κ2) is 7.59. The van der Waals surface area contributed by atoms with Crippen molar-refractivity contribution in [3.05, 3.63) is 53.1 Å². The van der Waals surface area contributed by atoms with Crippen LogP contribution in [0.25, 0.3) is 11.4 Å². The van der Waals surface area contributed by atoms with E-state index in [1.807, 2.05) is 12.1 Å². The number of phenols is 1. The van der Waals surface area contributed by atoms with Crippen LogP contribution in [0.4, 0.5) is 0 Å². The maximum atomic E-state index is 10.9. The van der Waals surface area contributed by atoms with Gasteiger partial charge in [-0.25, -0.2) is 5.10 Å². The molecule has 28 heavy (non-hydrogen) atoms. The number of nitrogens with zero attached hydrogens (tertiary/aromatic N) is 3. The van der Waals surface area contributed by atoms with Crippen molar-refractivity contribution in [2.75, 3.05) is 0 Å². The summed E-state index contributed by atoms with van der Waals surface area (Å²) in [5, 5.41) is 24.8. The average molecular weight is 397 g/mol. The standard InChI is InChI=1S/C22H28N4OS/c1-21(2,3)17-11-16(12-18(19(17)27)22(4,5)6)28-13-14-7-9-15(10-8-14)20-23-25-26-24-20/h7-12,27H,13H2,1-6H3,(H,23,24,25,26). The number of hydrogen-bond acceptors (Lipinski definition) is 5. The van der Waals surface area contributed by atoms with Crippen LogP contribution in [0.15, 0.2) is 41.3 Å². The zero-order valence-electron chi connectivity index (χ0n) is 17.4. The van der Waals surface area contributed by atoms with Crippen LogP contribution < -0.4 is 0 Å². The van der Waals surface area contributed by atoms with Crippen molar-refractivity contribution < 1.29 is 5.11 Å². The number of nitrogens with one attached hydrogen (secondary N) is 1. The fraction of sp³-hybridized carbons (Fsp3) is 0.409. The lowest BCUT2D eigenvalue weighted by Crippen LogP contribution is -2.17. The van der Waals surface area contributed by atoms with E-state index >= 15 is 0 Å². The number of benzene rings is 2. The van der Waals surface area contributed by atoms with Gasteiger partial charge in [0.05, 0.1) is 0 Å². The zero-order chi connectivity index (χ0) is 20.5. The van der Waals surface area contributed by atoms with Crippen LogP contribution in [0.1, 0.15) is 58.2 Å². The van der Waals surface area contributed by atoms with Crippen molar-refractivity contribution in [2.45, 2.75) is 63.0 Å². The van der Waals surface area contributed by atoms with E-state index in [9.17, 15) is 5.11 Å². The lowest BCUT2D eigenvalue weighted by atomic mass is 9.79. The summed E-state index contributed by atoms with van der Waals surface area (Å²) in [6.07, 6.45) is 0. The van der Waals surface area contributed by atoms with E-state index in [-0.39, 0.29) is 10.8 Å². The van der Waals surface area contributed by atoms with Gasteiger partial charge in [0.2, 0.25) is 0 Å². The Morgan fingerprint density at radius 1 is 0.929 bits per heavy atom. The summed E-state index contributed by atoms with van der Waals surface area (Å²) in [6, 6.07) is 12.5.